The molecule has 1 atom stereocenters. The van der Waals surface area contributed by atoms with E-state index in [2.05, 4.69) is 5.32 Å². The van der Waals surface area contributed by atoms with Crippen molar-refractivity contribution in [2.75, 3.05) is 40.0 Å². The Hall–Kier alpha value is -1.14. The van der Waals surface area contributed by atoms with Crippen molar-refractivity contribution in [1.29, 1.82) is 0 Å². The van der Waals surface area contributed by atoms with Crippen LogP contribution in [0.15, 0.2) is 12.1 Å². The van der Waals surface area contributed by atoms with Crippen molar-refractivity contribution in [1.82, 2.24) is 10.2 Å². The lowest BCUT2D eigenvalue weighted by atomic mass is 9.91. The van der Waals surface area contributed by atoms with Crippen molar-refractivity contribution in [2.45, 2.75) is 19.0 Å². The van der Waals surface area contributed by atoms with E-state index in [4.69, 9.17) is 21.1 Å². The molecular formula is C16H21ClN2O3. The number of rotatable bonds is 3. The summed E-state index contributed by atoms with van der Waals surface area (Å²) in [6.45, 7) is 3.66. The van der Waals surface area contributed by atoms with Gasteiger partial charge in [0.05, 0.1) is 19.3 Å². The summed E-state index contributed by atoms with van der Waals surface area (Å²) in [4.78, 5) is 14.0. The Labute approximate surface area is 135 Å². The fourth-order valence-corrected chi connectivity index (χ4v) is 3.41. The van der Waals surface area contributed by atoms with Crippen LogP contribution in [-0.4, -0.2) is 50.8 Å². The van der Waals surface area contributed by atoms with E-state index in [0.29, 0.717) is 19.7 Å². The summed E-state index contributed by atoms with van der Waals surface area (Å²) in [5.74, 6) is 0.0295. The van der Waals surface area contributed by atoms with Gasteiger partial charge in [-0.1, -0.05) is 11.6 Å². The number of carbonyl (C=O) groups excluding carboxylic acids is 1. The third-order valence-corrected chi connectivity index (χ3v) is 4.48. The molecule has 2 aliphatic heterocycles. The average Bonchev–Trinajstić information content (AvgIpc) is 2.54. The van der Waals surface area contributed by atoms with Crippen LogP contribution in [0.3, 0.4) is 0 Å². The first-order valence-electron chi connectivity index (χ1n) is 7.58. The number of hydrogen-bond acceptors (Lipinski definition) is 4. The van der Waals surface area contributed by atoms with Crippen LogP contribution in [0.5, 0.6) is 0 Å². The number of halogens is 1. The van der Waals surface area contributed by atoms with E-state index in [0.717, 1.165) is 30.2 Å². The molecule has 22 heavy (non-hydrogen) atoms. The molecule has 0 radical (unpaired) electrons. The first-order valence-corrected chi connectivity index (χ1v) is 7.96. The van der Waals surface area contributed by atoms with Gasteiger partial charge >= 0.3 is 0 Å². The molecule has 1 amide bonds. The number of benzene rings is 1. The monoisotopic (exact) mass is 324 g/mol. The highest BCUT2D eigenvalue weighted by molar-refractivity contribution is 6.30. The molecule has 0 spiro atoms. The van der Waals surface area contributed by atoms with Gasteiger partial charge in [0.1, 0.15) is 6.61 Å². The van der Waals surface area contributed by atoms with Gasteiger partial charge in [0.2, 0.25) is 5.91 Å². The van der Waals surface area contributed by atoms with Gasteiger partial charge in [0, 0.05) is 31.8 Å². The molecule has 0 saturated carbocycles. The Bertz CT molecular complexity index is 559. The third-order valence-electron chi connectivity index (χ3n) is 4.26. The molecule has 0 aromatic heterocycles. The highest BCUT2D eigenvalue weighted by atomic mass is 35.5. The second-order valence-electron chi connectivity index (χ2n) is 5.71. The lowest BCUT2D eigenvalue weighted by molar-refractivity contribution is -0.136. The van der Waals surface area contributed by atoms with Crippen LogP contribution in [0.2, 0.25) is 5.02 Å². The summed E-state index contributed by atoms with van der Waals surface area (Å²) in [6.07, 6.45) is 0.825. The van der Waals surface area contributed by atoms with Crippen LogP contribution in [0.1, 0.15) is 22.7 Å². The molecule has 6 heteroatoms. The average molecular weight is 325 g/mol. The molecule has 0 unspecified atom stereocenters. The Morgan fingerprint density at radius 1 is 1.55 bits per heavy atom. The fourth-order valence-electron chi connectivity index (χ4n) is 3.16. The van der Waals surface area contributed by atoms with Gasteiger partial charge in [-0.05, 0) is 35.2 Å². The zero-order valence-electron chi connectivity index (χ0n) is 12.7. The summed E-state index contributed by atoms with van der Waals surface area (Å²) in [7, 11) is 1.55. The first kappa shape index (κ1) is 15.7. The van der Waals surface area contributed by atoms with Gasteiger partial charge in [-0.2, -0.15) is 0 Å². The van der Waals surface area contributed by atoms with E-state index < -0.39 is 0 Å². The Morgan fingerprint density at radius 3 is 3.14 bits per heavy atom. The molecular weight excluding hydrogens is 304 g/mol. The van der Waals surface area contributed by atoms with Crippen LogP contribution in [0, 0.1) is 0 Å². The highest BCUT2D eigenvalue weighted by Crippen LogP contribution is 2.31. The molecule has 2 heterocycles. The Kier molecular flexibility index (Phi) is 4.98. The maximum Gasteiger partial charge on any atom is 0.248 e. The molecule has 1 N–H and O–H groups in total. The van der Waals surface area contributed by atoms with E-state index >= 15 is 0 Å². The summed E-state index contributed by atoms with van der Waals surface area (Å²) in [5.41, 5.74) is 3.58. The van der Waals surface area contributed by atoms with E-state index in [1.165, 1.54) is 11.1 Å². The van der Waals surface area contributed by atoms with Crippen molar-refractivity contribution in [3.05, 3.63) is 33.8 Å². The third kappa shape index (κ3) is 3.27. The molecule has 1 aromatic carbocycles. The van der Waals surface area contributed by atoms with Crippen molar-refractivity contribution < 1.29 is 14.3 Å². The van der Waals surface area contributed by atoms with Gasteiger partial charge in [-0.25, -0.2) is 0 Å². The topological polar surface area (TPSA) is 50.8 Å². The zero-order valence-corrected chi connectivity index (χ0v) is 13.5. The minimum atomic E-state index is 0.0295. The van der Waals surface area contributed by atoms with Crippen LogP contribution >= 0.6 is 11.6 Å². The molecule has 0 bridgehead atoms. The van der Waals surface area contributed by atoms with Gasteiger partial charge in [-0.3, -0.25) is 4.79 Å². The maximum absolute atomic E-state index is 12.1. The highest BCUT2D eigenvalue weighted by Gasteiger charge is 2.27. The first-order chi connectivity index (χ1) is 10.7. The molecule has 1 fully saturated rings. The van der Waals surface area contributed by atoms with Crippen LogP contribution in [-0.2, 0) is 27.2 Å². The van der Waals surface area contributed by atoms with Crippen molar-refractivity contribution in [3.8, 4) is 0 Å². The predicted molar refractivity (Wildman–Crippen MR) is 84.0 cm³/mol. The predicted octanol–water partition coefficient (Wildman–Crippen LogP) is 1.53. The summed E-state index contributed by atoms with van der Waals surface area (Å²) in [5, 5.41) is 4.22. The minimum Gasteiger partial charge on any atom is -0.378 e. The summed E-state index contributed by atoms with van der Waals surface area (Å²) in [6, 6.07) is 4.15. The van der Waals surface area contributed by atoms with E-state index in [-0.39, 0.29) is 18.6 Å². The number of nitrogens with one attached hydrogen (secondary N) is 1. The number of fused-ring (bicyclic) bond motifs is 1. The number of morpholine rings is 1. The number of amides is 1. The van der Waals surface area contributed by atoms with E-state index in [1.807, 2.05) is 17.0 Å². The fraction of sp³-hybridized carbons (Fsp3) is 0.562. The molecule has 1 saturated heterocycles. The second kappa shape index (κ2) is 6.96. The second-order valence-corrected chi connectivity index (χ2v) is 6.15. The SMILES string of the molecule is COCC(=O)N1CCc2cc(Cl)cc([C@@H]3COCCN3)c2C1. The smallest absolute Gasteiger partial charge is 0.248 e. The van der Waals surface area contributed by atoms with Gasteiger partial charge in [0.25, 0.3) is 0 Å². The summed E-state index contributed by atoms with van der Waals surface area (Å²) < 4.78 is 10.5. The van der Waals surface area contributed by atoms with Crippen LogP contribution < -0.4 is 5.32 Å². The van der Waals surface area contributed by atoms with E-state index in [9.17, 15) is 4.79 Å². The maximum atomic E-state index is 12.1. The largest absolute Gasteiger partial charge is 0.378 e. The quantitative estimate of drug-likeness (QED) is 0.916. The van der Waals surface area contributed by atoms with Crippen LogP contribution in [0.4, 0.5) is 0 Å². The number of hydrogen-bond donors (Lipinski definition) is 1. The number of methoxy groups -OCH3 is 1. The lowest BCUT2D eigenvalue weighted by Crippen LogP contribution is -2.40. The van der Waals surface area contributed by atoms with Crippen molar-refractivity contribution >= 4 is 17.5 Å². The number of nitrogens with zero attached hydrogens (tertiary/aromatic N) is 1. The van der Waals surface area contributed by atoms with Crippen LogP contribution in [0.25, 0.3) is 0 Å². The molecule has 1 aromatic rings. The van der Waals surface area contributed by atoms with E-state index in [1.54, 1.807) is 7.11 Å². The number of carbonyl (C=O) groups is 1. The minimum absolute atomic E-state index is 0.0295. The number of ether oxygens (including phenoxy) is 2. The molecule has 0 aliphatic carbocycles. The Morgan fingerprint density at radius 2 is 2.41 bits per heavy atom. The zero-order chi connectivity index (χ0) is 15.5. The summed E-state index contributed by atoms with van der Waals surface area (Å²) >= 11 is 6.28. The lowest BCUT2D eigenvalue weighted by Gasteiger charge is -2.33. The standard InChI is InChI=1S/C16H21ClN2O3/c1-21-10-16(20)19-4-2-11-6-12(17)7-13(14(11)8-19)15-9-22-5-3-18-15/h6-7,15,18H,2-5,8-10H2,1H3/t15-/m0/s1. The Balaban J connectivity index is 1.88. The molecule has 120 valence electrons. The normalized spacial score (nSPS) is 21.5. The van der Waals surface area contributed by atoms with Gasteiger partial charge in [0.15, 0.2) is 0 Å². The molecule has 3 rings (SSSR count). The molecule has 2 aliphatic rings. The van der Waals surface area contributed by atoms with Gasteiger partial charge < -0.3 is 19.7 Å². The van der Waals surface area contributed by atoms with Crippen molar-refractivity contribution in [3.63, 3.8) is 0 Å². The van der Waals surface area contributed by atoms with Crippen molar-refractivity contribution in [2.24, 2.45) is 0 Å². The molecule has 5 nitrogen and oxygen atoms in total. The van der Waals surface area contributed by atoms with Gasteiger partial charge in [-0.15, -0.1) is 0 Å².